The fourth-order valence-electron chi connectivity index (χ4n) is 0.865. The molecule has 0 saturated carbocycles. The van der Waals surface area contributed by atoms with Gasteiger partial charge in [0, 0.05) is 4.88 Å². The SMILES string of the molecule is Cc1csc([C@@H](C)NC=O)c1. The van der Waals surface area contributed by atoms with Crippen molar-refractivity contribution in [3.8, 4) is 0 Å². The zero-order valence-corrected chi connectivity index (χ0v) is 7.44. The average molecular weight is 169 g/mol. The molecule has 3 heteroatoms. The summed E-state index contributed by atoms with van der Waals surface area (Å²) in [6.07, 6.45) is 0.736. The van der Waals surface area contributed by atoms with Gasteiger partial charge in [-0.05, 0) is 30.9 Å². The predicted octanol–water partition coefficient (Wildman–Crippen LogP) is 1.86. The van der Waals surface area contributed by atoms with Crippen LogP contribution < -0.4 is 5.32 Å². The van der Waals surface area contributed by atoms with Crippen LogP contribution in [0.15, 0.2) is 11.4 Å². The molecule has 1 heterocycles. The lowest BCUT2D eigenvalue weighted by molar-refractivity contribution is -0.110. The molecule has 0 fully saturated rings. The van der Waals surface area contributed by atoms with E-state index >= 15 is 0 Å². The van der Waals surface area contributed by atoms with Crippen LogP contribution in [0.25, 0.3) is 0 Å². The number of carbonyl (C=O) groups is 1. The lowest BCUT2D eigenvalue weighted by Crippen LogP contribution is -2.14. The van der Waals surface area contributed by atoms with Crippen LogP contribution in [0.5, 0.6) is 0 Å². The van der Waals surface area contributed by atoms with Crippen LogP contribution >= 0.6 is 11.3 Å². The first-order chi connectivity index (χ1) is 5.24. The summed E-state index contributed by atoms with van der Waals surface area (Å²) >= 11 is 1.68. The van der Waals surface area contributed by atoms with Crippen molar-refractivity contribution in [1.82, 2.24) is 5.32 Å². The van der Waals surface area contributed by atoms with Crippen molar-refractivity contribution < 1.29 is 4.79 Å². The van der Waals surface area contributed by atoms with Crippen LogP contribution in [0, 0.1) is 6.92 Å². The molecule has 1 atom stereocenters. The Hall–Kier alpha value is -0.830. The maximum atomic E-state index is 10.1. The Balaban J connectivity index is 2.67. The molecule has 0 bridgehead atoms. The molecule has 2 nitrogen and oxygen atoms in total. The van der Waals surface area contributed by atoms with Crippen molar-refractivity contribution in [2.45, 2.75) is 19.9 Å². The number of amides is 1. The smallest absolute Gasteiger partial charge is 0.207 e. The number of hydrogen-bond donors (Lipinski definition) is 1. The second-order valence-electron chi connectivity index (χ2n) is 2.53. The van der Waals surface area contributed by atoms with Crippen molar-refractivity contribution in [2.24, 2.45) is 0 Å². The number of hydrogen-bond acceptors (Lipinski definition) is 2. The fraction of sp³-hybridized carbons (Fsp3) is 0.375. The monoisotopic (exact) mass is 169 g/mol. The molecule has 1 aromatic rings. The molecule has 1 rings (SSSR count). The highest BCUT2D eigenvalue weighted by Gasteiger charge is 2.04. The van der Waals surface area contributed by atoms with Gasteiger partial charge >= 0.3 is 0 Å². The van der Waals surface area contributed by atoms with E-state index in [4.69, 9.17) is 0 Å². The Morgan fingerprint density at radius 2 is 2.45 bits per heavy atom. The maximum absolute atomic E-state index is 10.1. The Kier molecular flexibility index (Phi) is 2.65. The van der Waals surface area contributed by atoms with Crippen LogP contribution in [-0.4, -0.2) is 6.41 Å². The van der Waals surface area contributed by atoms with Gasteiger partial charge in [-0.1, -0.05) is 0 Å². The molecule has 0 aromatic carbocycles. The van der Waals surface area contributed by atoms with Gasteiger partial charge < -0.3 is 5.32 Å². The maximum Gasteiger partial charge on any atom is 0.207 e. The van der Waals surface area contributed by atoms with E-state index in [-0.39, 0.29) is 6.04 Å². The Labute approximate surface area is 70.2 Å². The lowest BCUT2D eigenvalue weighted by atomic mass is 10.2. The number of rotatable bonds is 3. The van der Waals surface area contributed by atoms with Crippen molar-refractivity contribution in [3.63, 3.8) is 0 Å². The molecule has 1 amide bonds. The minimum absolute atomic E-state index is 0.145. The lowest BCUT2D eigenvalue weighted by Gasteiger charge is -2.05. The molecule has 0 aliphatic rings. The molecule has 60 valence electrons. The van der Waals surface area contributed by atoms with E-state index in [0.29, 0.717) is 0 Å². The van der Waals surface area contributed by atoms with E-state index in [1.807, 2.05) is 13.8 Å². The topological polar surface area (TPSA) is 29.1 Å². The van der Waals surface area contributed by atoms with E-state index < -0.39 is 0 Å². The molecule has 0 unspecified atom stereocenters. The molecule has 1 aromatic heterocycles. The van der Waals surface area contributed by atoms with E-state index in [1.165, 1.54) is 10.4 Å². The molecular formula is C8H11NOS. The van der Waals surface area contributed by atoms with Crippen LogP contribution in [0.4, 0.5) is 0 Å². The third-order valence-electron chi connectivity index (χ3n) is 1.50. The normalized spacial score (nSPS) is 12.5. The van der Waals surface area contributed by atoms with E-state index in [9.17, 15) is 4.79 Å². The summed E-state index contributed by atoms with van der Waals surface area (Å²) in [5.74, 6) is 0. The van der Waals surface area contributed by atoms with Gasteiger partial charge in [-0.2, -0.15) is 0 Å². The predicted molar refractivity (Wildman–Crippen MR) is 46.7 cm³/mol. The van der Waals surface area contributed by atoms with Crippen LogP contribution in [-0.2, 0) is 4.79 Å². The van der Waals surface area contributed by atoms with Gasteiger partial charge in [0.15, 0.2) is 0 Å². The summed E-state index contributed by atoms with van der Waals surface area (Å²) in [6.45, 7) is 4.02. The summed E-state index contributed by atoms with van der Waals surface area (Å²) in [4.78, 5) is 11.3. The quantitative estimate of drug-likeness (QED) is 0.687. The van der Waals surface area contributed by atoms with E-state index in [0.717, 1.165) is 6.41 Å². The highest BCUT2D eigenvalue weighted by Crippen LogP contribution is 2.20. The fourth-order valence-corrected chi connectivity index (χ4v) is 1.78. The van der Waals surface area contributed by atoms with E-state index in [1.54, 1.807) is 11.3 Å². The number of nitrogens with one attached hydrogen (secondary N) is 1. The number of carbonyl (C=O) groups excluding carboxylic acids is 1. The molecule has 0 aliphatic carbocycles. The van der Waals surface area contributed by atoms with Crippen molar-refractivity contribution in [2.75, 3.05) is 0 Å². The van der Waals surface area contributed by atoms with Crippen LogP contribution in [0.2, 0.25) is 0 Å². The van der Waals surface area contributed by atoms with Crippen LogP contribution in [0.3, 0.4) is 0 Å². The highest BCUT2D eigenvalue weighted by atomic mass is 32.1. The molecule has 11 heavy (non-hydrogen) atoms. The first kappa shape index (κ1) is 8.27. The average Bonchev–Trinajstić information content (AvgIpc) is 2.36. The standard InChI is InChI=1S/C8H11NOS/c1-6-3-8(11-4-6)7(2)9-5-10/h3-5,7H,1-2H3,(H,9,10)/t7-/m1/s1. The first-order valence-electron chi connectivity index (χ1n) is 3.48. The highest BCUT2D eigenvalue weighted by molar-refractivity contribution is 7.10. The van der Waals surface area contributed by atoms with Crippen molar-refractivity contribution in [1.29, 1.82) is 0 Å². The second kappa shape index (κ2) is 3.53. The third-order valence-corrected chi connectivity index (χ3v) is 2.73. The largest absolute Gasteiger partial charge is 0.351 e. The summed E-state index contributed by atoms with van der Waals surface area (Å²) in [7, 11) is 0. The van der Waals surface area contributed by atoms with Gasteiger partial charge in [-0.15, -0.1) is 11.3 Å². The van der Waals surface area contributed by atoms with Gasteiger partial charge in [0.2, 0.25) is 6.41 Å². The number of thiophene rings is 1. The van der Waals surface area contributed by atoms with Crippen molar-refractivity contribution >= 4 is 17.7 Å². The Morgan fingerprint density at radius 3 is 2.91 bits per heavy atom. The zero-order chi connectivity index (χ0) is 8.27. The second-order valence-corrected chi connectivity index (χ2v) is 3.48. The molecule has 0 saturated heterocycles. The third kappa shape index (κ3) is 2.05. The van der Waals surface area contributed by atoms with E-state index in [2.05, 4.69) is 16.8 Å². The van der Waals surface area contributed by atoms with Crippen molar-refractivity contribution in [3.05, 3.63) is 21.9 Å². The van der Waals surface area contributed by atoms with Gasteiger partial charge in [-0.3, -0.25) is 4.79 Å². The molecule has 0 radical (unpaired) electrons. The molecule has 0 aliphatic heterocycles. The van der Waals surface area contributed by atoms with Gasteiger partial charge in [0.1, 0.15) is 0 Å². The van der Waals surface area contributed by atoms with Crippen LogP contribution in [0.1, 0.15) is 23.4 Å². The number of aryl methyl sites for hydroxylation is 1. The minimum Gasteiger partial charge on any atom is -0.351 e. The summed E-state index contributed by atoms with van der Waals surface area (Å²) in [5, 5.41) is 4.79. The summed E-state index contributed by atoms with van der Waals surface area (Å²) in [6, 6.07) is 2.23. The molecular weight excluding hydrogens is 158 g/mol. The zero-order valence-electron chi connectivity index (χ0n) is 6.63. The van der Waals surface area contributed by atoms with Gasteiger partial charge in [0.05, 0.1) is 6.04 Å². The summed E-state index contributed by atoms with van der Waals surface area (Å²) in [5.41, 5.74) is 1.25. The molecule has 1 N–H and O–H groups in total. The summed E-state index contributed by atoms with van der Waals surface area (Å²) < 4.78 is 0. The first-order valence-corrected chi connectivity index (χ1v) is 4.36. The Morgan fingerprint density at radius 1 is 1.73 bits per heavy atom. The minimum atomic E-state index is 0.145. The van der Waals surface area contributed by atoms with Gasteiger partial charge in [-0.25, -0.2) is 0 Å². The van der Waals surface area contributed by atoms with Gasteiger partial charge in [0.25, 0.3) is 0 Å². The Bertz CT molecular complexity index is 244. The molecule has 0 spiro atoms.